The van der Waals surface area contributed by atoms with Crippen molar-refractivity contribution in [2.24, 2.45) is 0 Å². The number of rotatable bonds is 5. The highest BCUT2D eigenvalue weighted by atomic mass is 32.2. The van der Waals surface area contributed by atoms with Gasteiger partial charge >= 0.3 is 0 Å². The van der Waals surface area contributed by atoms with E-state index in [1.807, 2.05) is 19.9 Å². The number of aromatic nitrogens is 4. The Balaban J connectivity index is 1.63. The van der Waals surface area contributed by atoms with Gasteiger partial charge in [-0.15, -0.1) is 0 Å². The third-order valence-corrected chi connectivity index (χ3v) is 4.26. The number of carbonyl (C=O) groups excluding carboxylic acids is 1. The monoisotopic (exact) mass is 357 g/mol. The van der Waals surface area contributed by atoms with E-state index in [9.17, 15) is 9.18 Å². The van der Waals surface area contributed by atoms with Crippen LogP contribution in [0.4, 0.5) is 10.1 Å². The number of carbonyl (C=O) groups is 1. The summed E-state index contributed by atoms with van der Waals surface area (Å²) < 4.78 is 14.6. The van der Waals surface area contributed by atoms with Gasteiger partial charge in [0.1, 0.15) is 17.2 Å². The average molecular weight is 357 g/mol. The van der Waals surface area contributed by atoms with E-state index in [0.29, 0.717) is 16.5 Å². The Labute approximate surface area is 148 Å². The number of aryl methyl sites for hydroxylation is 2. The Bertz CT molecular complexity index is 894. The van der Waals surface area contributed by atoms with Crippen LogP contribution < -0.4 is 5.32 Å². The van der Waals surface area contributed by atoms with Crippen LogP contribution in [0.3, 0.4) is 0 Å². The molecule has 1 aromatic carbocycles. The van der Waals surface area contributed by atoms with E-state index in [1.165, 1.54) is 42.4 Å². The molecule has 3 aromatic rings. The summed E-state index contributed by atoms with van der Waals surface area (Å²) in [5.74, 6) is 0.306. The van der Waals surface area contributed by atoms with Gasteiger partial charge in [0.2, 0.25) is 5.91 Å². The molecule has 1 N–H and O–H groups in total. The molecular weight excluding hydrogens is 341 g/mol. The Morgan fingerprint density at radius 1 is 1.20 bits per heavy atom. The Morgan fingerprint density at radius 3 is 2.64 bits per heavy atom. The zero-order valence-electron chi connectivity index (χ0n) is 13.7. The largest absolute Gasteiger partial charge is 0.325 e. The van der Waals surface area contributed by atoms with Crippen LogP contribution in [0.2, 0.25) is 0 Å². The predicted molar refractivity (Wildman–Crippen MR) is 94.4 cm³/mol. The number of benzene rings is 1. The van der Waals surface area contributed by atoms with Gasteiger partial charge in [0.25, 0.3) is 0 Å². The number of nitrogens with zero attached hydrogens (tertiary/aromatic N) is 4. The summed E-state index contributed by atoms with van der Waals surface area (Å²) in [6.45, 7) is 3.87. The van der Waals surface area contributed by atoms with E-state index in [1.54, 1.807) is 10.7 Å². The molecule has 0 saturated heterocycles. The quantitative estimate of drug-likeness (QED) is 0.561. The van der Waals surface area contributed by atoms with E-state index >= 15 is 0 Å². The summed E-state index contributed by atoms with van der Waals surface area (Å²) in [5, 5.41) is 7.77. The second-order valence-electron chi connectivity index (χ2n) is 5.40. The van der Waals surface area contributed by atoms with Crippen LogP contribution in [0, 0.1) is 19.7 Å². The Hall–Kier alpha value is -2.74. The SMILES string of the molecule is Cc1cc(C)n(-c2cc(SCC(=O)Nc3ccc(F)cc3)ncn2)n1. The number of amides is 1. The fourth-order valence-corrected chi connectivity index (χ4v) is 2.92. The normalized spacial score (nSPS) is 10.7. The fourth-order valence-electron chi connectivity index (χ4n) is 2.26. The second kappa shape index (κ2) is 7.43. The van der Waals surface area contributed by atoms with Crippen LogP contribution in [-0.4, -0.2) is 31.4 Å². The molecule has 2 heterocycles. The maximum Gasteiger partial charge on any atom is 0.234 e. The van der Waals surface area contributed by atoms with Crippen molar-refractivity contribution in [1.82, 2.24) is 19.7 Å². The van der Waals surface area contributed by atoms with Crippen LogP contribution in [0.1, 0.15) is 11.4 Å². The molecule has 0 spiro atoms. The molecule has 0 aliphatic carbocycles. The van der Waals surface area contributed by atoms with E-state index in [0.717, 1.165) is 11.4 Å². The number of hydrogen-bond acceptors (Lipinski definition) is 5. The van der Waals surface area contributed by atoms with Crippen molar-refractivity contribution in [3.05, 3.63) is 59.9 Å². The molecule has 128 valence electrons. The molecule has 0 aliphatic heterocycles. The van der Waals surface area contributed by atoms with Gasteiger partial charge in [-0.1, -0.05) is 11.8 Å². The van der Waals surface area contributed by atoms with E-state index in [4.69, 9.17) is 0 Å². The zero-order valence-corrected chi connectivity index (χ0v) is 14.5. The molecule has 0 bridgehead atoms. The minimum absolute atomic E-state index is 0.185. The first-order valence-corrected chi connectivity index (χ1v) is 8.54. The predicted octanol–water partition coefficient (Wildman–Crippen LogP) is 3.15. The van der Waals surface area contributed by atoms with Crippen LogP contribution in [0.15, 0.2) is 47.8 Å². The number of halogens is 1. The molecule has 0 unspecified atom stereocenters. The van der Waals surface area contributed by atoms with Crippen molar-refractivity contribution >= 4 is 23.4 Å². The van der Waals surface area contributed by atoms with Gasteiger partial charge in [-0.05, 0) is 44.2 Å². The van der Waals surface area contributed by atoms with E-state index < -0.39 is 0 Å². The van der Waals surface area contributed by atoms with E-state index in [2.05, 4.69) is 20.4 Å². The van der Waals surface area contributed by atoms with Crippen molar-refractivity contribution in [1.29, 1.82) is 0 Å². The molecule has 0 saturated carbocycles. The topological polar surface area (TPSA) is 72.7 Å². The van der Waals surface area contributed by atoms with Gasteiger partial charge in [-0.3, -0.25) is 4.79 Å². The standard InChI is InChI=1S/C17H16FN5OS/c1-11-7-12(2)23(22-11)15-8-17(20-10-19-15)25-9-16(24)21-14-5-3-13(18)4-6-14/h3-8,10H,9H2,1-2H3,(H,21,24). The van der Waals surface area contributed by atoms with Crippen LogP contribution in [-0.2, 0) is 4.79 Å². The summed E-state index contributed by atoms with van der Waals surface area (Å²) in [6, 6.07) is 9.38. The van der Waals surface area contributed by atoms with Crippen molar-refractivity contribution in [3.8, 4) is 5.82 Å². The number of thioether (sulfide) groups is 1. The summed E-state index contributed by atoms with van der Waals surface area (Å²) in [5.41, 5.74) is 2.43. The average Bonchev–Trinajstić information content (AvgIpc) is 2.94. The maximum atomic E-state index is 12.9. The summed E-state index contributed by atoms with van der Waals surface area (Å²) in [6.07, 6.45) is 1.45. The van der Waals surface area contributed by atoms with Crippen molar-refractivity contribution < 1.29 is 9.18 Å². The van der Waals surface area contributed by atoms with Gasteiger partial charge in [-0.2, -0.15) is 5.10 Å². The molecule has 8 heteroatoms. The molecule has 0 radical (unpaired) electrons. The van der Waals surface area contributed by atoms with Gasteiger partial charge < -0.3 is 5.32 Å². The number of nitrogens with one attached hydrogen (secondary N) is 1. The second-order valence-corrected chi connectivity index (χ2v) is 6.39. The first-order chi connectivity index (χ1) is 12.0. The highest BCUT2D eigenvalue weighted by molar-refractivity contribution is 7.99. The lowest BCUT2D eigenvalue weighted by Crippen LogP contribution is -2.14. The van der Waals surface area contributed by atoms with Crippen LogP contribution in [0.25, 0.3) is 5.82 Å². The first kappa shape index (κ1) is 17.1. The van der Waals surface area contributed by atoms with Crippen molar-refractivity contribution in [2.75, 3.05) is 11.1 Å². The van der Waals surface area contributed by atoms with Gasteiger partial charge in [0.15, 0.2) is 5.82 Å². The minimum Gasteiger partial charge on any atom is -0.325 e. The fraction of sp³-hybridized carbons (Fsp3) is 0.176. The molecule has 0 atom stereocenters. The molecule has 6 nitrogen and oxygen atoms in total. The summed E-state index contributed by atoms with van der Waals surface area (Å²) >= 11 is 1.29. The summed E-state index contributed by atoms with van der Waals surface area (Å²) in [7, 11) is 0. The number of anilines is 1. The third-order valence-electron chi connectivity index (χ3n) is 3.33. The highest BCUT2D eigenvalue weighted by Crippen LogP contribution is 2.18. The minimum atomic E-state index is -0.343. The lowest BCUT2D eigenvalue weighted by molar-refractivity contribution is -0.113. The molecular formula is C17H16FN5OS. The lowest BCUT2D eigenvalue weighted by Gasteiger charge is -2.06. The molecule has 1 amide bonds. The van der Waals surface area contributed by atoms with Crippen molar-refractivity contribution in [3.63, 3.8) is 0 Å². The summed E-state index contributed by atoms with van der Waals surface area (Å²) in [4.78, 5) is 20.4. The van der Waals surface area contributed by atoms with Crippen LogP contribution in [0.5, 0.6) is 0 Å². The Kier molecular flexibility index (Phi) is 5.08. The van der Waals surface area contributed by atoms with Crippen LogP contribution >= 0.6 is 11.8 Å². The third kappa shape index (κ3) is 4.42. The zero-order chi connectivity index (χ0) is 17.8. The van der Waals surface area contributed by atoms with E-state index in [-0.39, 0.29) is 17.5 Å². The Morgan fingerprint density at radius 2 is 1.96 bits per heavy atom. The molecule has 3 rings (SSSR count). The molecule has 0 aliphatic rings. The smallest absolute Gasteiger partial charge is 0.234 e. The molecule has 25 heavy (non-hydrogen) atoms. The number of hydrogen-bond donors (Lipinski definition) is 1. The van der Waals surface area contributed by atoms with Gasteiger partial charge in [0, 0.05) is 17.4 Å². The first-order valence-electron chi connectivity index (χ1n) is 7.55. The van der Waals surface area contributed by atoms with Crippen molar-refractivity contribution in [2.45, 2.75) is 18.9 Å². The van der Waals surface area contributed by atoms with Gasteiger partial charge in [0.05, 0.1) is 11.4 Å². The molecule has 0 fully saturated rings. The molecule has 2 aromatic heterocycles. The highest BCUT2D eigenvalue weighted by Gasteiger charge is 2.09. The maximum absolute atomic E-state index is 12.9. The lowest BCUT2D eigenvalue weighted by atomic mass is 10.3. The van der Waals surface area contributed by atoms with Gasteiger partial charge in [-0.25, -0.2) is 19.0 Å².